The zero-order chi connectivity index (χ0) is 18.0. The van der Waals surface area contributed by atoms with Crippen LogP contribution in [0.5, 0.6) is 0 Å². The Morgan fingerprint density at radius 3 is 2.40 bits per heavy atom. The standard InChI is InChI=1S/C18H17N3O4/c1-12-2-6-15(7-3-12)20-11-13(10-17(20)22)18(23)19-14-4-8-16(9-5-14)21(24)25/h2-9,13H,10-11H2,1H3,(H,19,23)/t13-/m0/s1. The molecule has 1 N–H and O–H groups in total. The number of rotatable bonds is 4. The summed E-state index contributed by atoms with van der Waals surface area (Å²) in [5, 5.41) is 13.4. The number of aryl methyl sites for hydroxylation is 1. The van der Waals surface area contributed by atoms with Crippen molar-refractivity contribution in [2.75, 3.05) is 16.8 Å². The maximum absolute atomic E-state index is 12.4. The number of hydrogen-bond acceptors (Lipinski definition) is 4. The number of benzene rings is 2. The van der Waals surface area contributed by atoms with Crippen molar-refractivity contribution in [2.24, 2.45) is 5.92 Å². The second kappa shape index (κ2) is 6.72. The molecule has 1 aliphatic rings. The Balaban J connectivity index is 1.66. The zero-order valence-corrected chi connectivity index (χ0v) is 13.6. The minimum absolute atomic E-state index is 0.0420. The fourth-order valence-corrected chi connectivity index (χ4v) is 2.77. The first-order valence-electron chi connectivity index (χ1n) is 7.86. The quantitative estimate of drug-likeness (QED) is 0.685. The summed E-state index contributed by atoms with van der Waals surface area (Å²) in [7, 11) is 0. The number of carbonyl (C=O) groups excluding carboxylic acids is 2. The molecule has 1 heterocycles. The number of nitrogens with zero attached hydrogens (tertiary/aromatic N) is 2. The average Bonchev–Trinajstić information content (AvgIpc) is 2.98. The van der Waals surface area contributed by atoms with Gasteiger partial charge in [-0.15, -0.1) is 0 Å². The second-order valence-corrected chi connectivity index (χ2v) is 6.03. The molecule has 2 amide bonds. The van der Waals surface area contributed by atoms with Gasteiger partial charge in [-0.05, 0) is 31.2 Å². The van der Waals surface area contributed by atoms with Gasteiger partial charge in [-0.1, -0.05) is 17.7 Å². The van der Waals surface area contributed by atoms with Crippen LogP contribution in [0.1, 0.15) is 12.0 Å². The van der Waals surface area contributed by atoms with Gasteiger partial charge in [-0.25, -0.2) is 0 Å². The monoisotopic (exact) mass is 339 g/mol. The van der Waals surface area contributed by atoms with E-state index in [0.29, 0.717) is 12.2 Å². The summed E-state index contributed by atoms with van der Waals surface area (Å²) in [5.74, 6) is -0.812. The van der Waals surface area contributed by atoms with Gasteiger partial charge in [-0.2, -0.15) is 0 Å². The smallest absolute Gasteiger partial charge is 0.269 e. The van der Waals surface area contributed by atoms with Crippen molar-refractivity contribution in [1.29, 1.82) is 0 Å². The molecule has 2 aromatic rings. The summed E-state index contributed by atoms with van der Waals surface area (Å²) in [6, 6.07) is 13.2. The third-order valence-corrected chi connectivity index (χ3v) is 4.19. The van der Waals surface area contributed by atoms with Crippen molar-refractivity contribution in [3.8, 4) is 0 Å². The predicted molar refractivity (Wildman–Crippen MR) is 93.4 cm³/mol. The minimum atomic E-state index is -0.499. The van der Waals surface area contributed by atoms with Crippen LogP contribution in [0.15, 0.2) is 48.5 Å². The van der Waals surface area contributed by atoms with Crippen LogP contribution in [0.2, 0.25) is 0 Å². The van der Waals surface area contributed by atoms with E-state index in [1.807, 2.05) is 31.2 Å². The van der Waals surface area contributed by atoms with Crippen LogP contribution in [0.4, 0.5) is 17.1 Å². The largest absolute Gasteiger partial charge is 0.326 e. The Labute approximate surface area is 144 Å². The van der Waals surface area contributed by atoms with Gasteiger partial charge in [0.25, 0.3) is 5.69 Å². The molecule has 0 aliphatic carbocycles. The number of nitro groups is 1. The van der Waals surface area contributed by atoms with E-state index < -0.39 is 10.8 Å². The van der Waals surface area contributed by atoms with Gasteiger partial charge in [0.05, 0.1) is 10.8 Å². The number of non-ortho nitro benzene ring substituents is 1. The van der Waals surface area contributed by atoms with Gasteiger partial charge in [0.15, 0.2) is 0 Å². The van der Waals surface area contributed by atoms with Crippen molar-refractivity contribution in [1.82, 2.24) is 0 Å². The zero-order valence-electron chi connectivity index (χ0n) is 13.6. The highest BCUT2D eigenvalue weighted by atomic mass is 16.6. The van der Waals surface area contributed by atoms with E-state index >= 15 is 0 Å². The van der Waals surface area contributed by atoms with Crippen molar-refractivity contribution in [3.05, 3.63) is 64.2 Å². The van der Waals surface area contributed by atoms with Gasteiger partial charge in [0.2, 0.25) is 11.8 Å². The Hall–Kier alpha value is -3.22. The van der Waals surface area contributed by atoms with Crippen molar-refractivity contribution >= 4 is 28.9 Å². The molecule has 2 aromatic carbocycles. The molecule has 128 valence electrons. The molecule has 1 atom stereocenters. The molecular weight excluding hydrogens is 322 g/mol. The highest BCUT2D eigenvalue weighted by Gasteiger charge is 2.35. The summed E-state index contributed by atoms with van der Waals surface area (Å²) in [5.41, 5.74) is 2.31. The molecule has 0 bridgehead atoms. The summed E-state index contributed by atoms with van der Waals surface area (Å²) < 4.78 is 0. The predicted octanol–water partition coefficient (Wildman–Crippen LogP) is 2.89. The number of nitrogens with one attached hydrogen (secondary N) is 1. The van der Waals surface area contributed by atoms with E-state index in [-0.39, 0.29) is 23.9 Å². The first kappa shape index (κ1) is 16.6. The molecule has 7 heteroatoms. The Kier molecular flexibility index (Phi) is 4.47. The maximum Gasteiger partial charge on any atom is 0.269 e. The topological polar surface area (TPSA) is 92.6 Å². The van der Waals surface area contributed by atoms with E-state index in [0.717, 1.165) is 11.3 Å². The Bertz CT molecular complexity index is 815. The second-order valence-electron chi connectivity index (χ2n) is 6.03. The van der Waals surface area contributed by atoms with Crippen LogP contribution in [0.25, 0.3) is 0 Å². The number of nitro benzene ring substituents is 1. The molecule has 0 unspecified atom stereocenters. The molecule has 0 saturated carbocycles. The number of carbonyl (C=O) groups is 2. The lowest BCUT2D eigenvalue weighted by Crippen LogP contribution is -2.28. The van der Waals surface area contributed by atoms with Crippen molar-refractivity contribution in [3.63, 3.8) is 0 Å². The molecule has 1 fully saturated rings. The highest BCUT2D eigenvalue weighted by Crippen LogP contribution is 2.26. The molecule has 7 nitrogen and oxygen atoms in total. The first-order valence-corrected chi connectivity index (χ1v) is 7.86. The Morgan fingerprint density at radius 2 is 1.80 bits per heavy atom. The SMILES string of the molecule is Cc1ccc(N2C[C@@H](C(=O)Nc3ccc([N+](=O)[O-])cc3)CC2=O)cc1. The lowest BCUT2D eigenvalue weighted by molar-refractivity contribution is -0.384. The highest BCUT2D eigenvalue weighted by molar-refractivity contribution is 6.03. The molecule has 0 aromatic heterocycles. The van der Waals surface area contributed by atoms with Gasteiger partial charge < -0.3 is 10.2 Å². The molecular formula is C18H17N3O4. The van der Waals surface area contributed by atoms with Crippen molar-refractivity contribution in [2.45, 2.75) is 13.3 Å². The van der Waals surface area contributed by atoms with Crippen LogP contribution in [-0.2, 0) is 9.59 Å². The number of hydrogen-bond donors (Lipinski definition) is 1. The van der Waals surface area contributed by atoms with E-state index in [9.17, 15) is 19.7 Å². The summed E-state index contributed by atoms with van der Waals surface area (Å²) >= 11 is 0. The minimum Gasteiger partial charge on any atom is -0.326 e. The fourth-order valence-electron chi connectivity index (χ4n) is 2.77. The van der Waals surface area contributed by atoms with E-state index in [2.05, 4.69) is 5.32 Å². The normalized spacial score (nSPS) is 16.8. The van der Waals surface area contributed by atoms with Gasteiger partial charge >= 0.3 is 0 Å². The third kappa shape index (κ3) is 3.65. The van der Waals surface area contributed by atoms with Crippen molar-refractivity contribution < 1.29 is 14.5 Å². The lowest BCUT2D eigenvalue weighted by Gasteiger charge is -2.17. The number of anilines is 2. The van der Waals surface area contributed by atoms with Gasteiger partial charge in [0.1, 0.15) is 0 Å². The summed E-state index contributed by atoms with van der Waals surface area (Å²) in [6.45, 7) is 2.29. The molecule has 0 radical (unpaired) electrons. The van der Waals surface area contributed by atoms with Gasteiger partial charge in [0, 0.05) is 36.5 Å². The molecule has 0 spiro atoms. The van der Waals surface area contributed by atoms with Crippen LogP contribution in [-0.4, -0.2) is 23.3 Å². The van der Waals surface area contributed by atoms with E-state index in [1.165, 1.54) is 24.3 Å². The summed E-state index contributed by atoms with van der Waals surface area (Å²) in [6.07, 6.45) is 0.146. The van der Waals surface area contributed by atoms with E-state index in [1.54, 1.807) is 4.90 Å². The van der Waals surface area contributed by atoms with E-state index in [4.69, 9.17) is 0 Å². The Morgan fingerprint density at radius 1 is 1.16 bits per heavy atom. The summed E-state index contributed by atoms with van der Waals surface area (Å²) in [4.78, 5) is 36.4. The lowest BCUT2D eigenvalue weighted by atomic mass is 10.1. The van der Waals surface area contributed by atoms with Crippen LogP contribution >= 0.6 is 0 Å². The van der Waals surface area contributed by atoms with Gasteiger partial charge in [-0.3, -0.25) is 19.7 Å². The fraction of sp³-hybridized carbons (Fsp3) is 0.222. The van der Waals surface area contributed by atoms with Crippen LogP contribution in [0.3, 0.4) is 0 Å². The first-order chi connectivity index (χ1) is 11.9. The molecule has 25 heavy (non-hydrogen) atoms. The maximum atomic E-state index is 12.4. The molecule has 3 rings (SSSR count). The average molecular weight is 339 g/mol. The number of amides is 2. The third-order valence-electron chi connectivity index (χ3n) is 4.19. The molecule has 1 aliphatic heterocycles. The van der Waals surface area contributed by atoms with Crippen LogP contribution in [0, 0.1) is 23.0 Å². The van der Waals surface area contributed by atoms with Crippen LogP contribution < -0.4 is 10.2 Å². The molecule has 1 saturated heterocycles.